The number of amides is 3. The van der Waals surface area contributed by atoms with Gasteiger partial charge in [0.2, 0.25) is 0 Å². The molecule has 24 heavy (non-hydrogen) atoms. The summed E-state index contributed by atoms with van der Waals surface area (Å²) in [7, 11) is 0. The third-order valence-corrected chi connectivity index (χ3v) is 3.68. The molecule has 0 saturated carbocycles. The number of anilines is 2. The molecular formula is C17H17Cl2N3O2. The first-order chi connectivity index (χ1) is 11.5. The summed E-state index contributed by atoms with van der Waals surface area (Å²) in [5.41, 5.74) is 1.50. The zero-order chi connectivity index (χ0) is 17.5. The van der Waals surface area contributed by atoms with Crippen molar-refractivity contribution >= 4 is 46.5 Å². The minimum atomic E-state index is -0.456. The number of hydrogen-bond acceptors (Lipinski definition) is 2. The second-order valence-electron chi connectivity index (χ2n) is 5.04. The summed E-state index contributed by atoms with van der Waals surface area (Å²) in [6, 6.07) is 10.9. The van der Waals surface area contributed by atoms with Crippen molar-refractivity contribution in [3.8, 4) is 0 Å². The second-order valence-corrected chi connectivity index (χ2v) is 5.88. The maximum absolute atomic E-state index is 12.0. The highest BCUT2D eigenvalue weighted by Gasteiger charge is 2.08. The van der Waals surface area contributed by atoms with Crippen molar-refractivity contribution in [3.63, 3.8) is 0 Å². The van der Waals surface area contributed by atoms with E-state index in [9.17, 15) is 9.59 Å². The van der Waals surface area contributed by atoms with Gasteiger partial charge in [0, 0.05) is 22.8 Å². The van der Waals surface area contributed by atoms with Crippen molar-refractivity contribution < 1.29 is 9.59 Å². The predicted octanol–water partition coefficient (Wildman–Crippen LogP) is 4.78. The van der Waals surface area contributed by atoms with E-state index in [1.54, 1.807) is 42.5 Å². The molecule has 7 heteroatoms. The van der Waals surface area contributed by atoms with Crippen LogP contribution < -0.4 is 16.0 Å². The molecule has 2 aromatic rings. The fourth-order valence-corrected chi connectivity index (χ4v) is 2.26. The third-order valence-electron chi connectivity index (χ3n) is 3.12. The summed E-state index contributed by atoms with van der Waals surface area (Å²) < 4.78 is 0. The quantitative estimate of drug-likeness (QED) is 0.713. The van der Waals surface area contributed by atoms with E-state index >= 15 is 0 Å². The number of hydrogen-bond donors (Lipinski definition) is 3. The Hall–Kier alpha value is -2.24. The molecule has 0 saturated heterocycles. The molecule has 0 heterocycles. The average Bonchev–Trinajstić information content (AvgIpc) is 2.56. The van der Waals surface area contributed by atoms with Gasteiger partial charge in [-0.25, -0.2) is 4.79 Å². The first-order valence-corrected chi connectivity index (χ1v) is 8.16. The third kappa shape index (κ3) is 5.15. The van der Waals surface area contributed by atoms with E-state index in [4.69, 9.17) is 23.2 Å². The number of carbonyl (C=O) groups excluding carboxylic acids is 2. The molecule has 2 aromatic carbocycles. The molecule has 3 amide bonds. The Bertz CT molecular complexity index is 733. The van der Waals surface area contributed by atoms with Crippen LogP contribution in [-0.4, -0.2) is 18.5 Å². The molecule has 126 valence electrons. The largest absolute Gasteiger partial charge is 0.352 e. The van der Waals surface area contributed by atoms with Gasteiger partial charge in [0.1, 0.15) is 0 Å². The summed E-state index contributed by atoms with van der Waals surface area (Å²) in [5, 5.41) is 8.93. The molecule has 0 aliphatic heterocycles. The summed E-state index contributed by atoms with van der Waals surface area (Å²) in [5.74, 6) is -0.140. The van der Waals surface area contributed by atoms with Gasteiger partial charge >= 0.3 is 6.03 Å². The number of halogens is 2. The van der Waals surface area contributed by atoms with E-state index < -0.39 is 6.03 Å². The number of urea groups is 1. The normalized spacial score (nSPS) is 10.1. The monoisotopic (exact) mass is 365 g/mol. The number of nitrogens with one attached hydrogen (secondary N) is 3. The van der Waals surface area contributed by atoms with Crippen LogP contribution in [0.4, 0.5) is 16.2 Å². The molecule has 0 aromatic heterocycles. The van der Waals surface area contributed by atoms with Gasteiger partial charge < -0.3 is 16.0 Å². The van der Waals surface area contributed by atoms with Gasteiger partial charge in [-0.3, -0.25) is 4.79 Å². The van der Waals surface area contributed by atoms with Crippen LogP contribution in [0.2, 0.25) is 10.0 Å². The molecule has 0 aliphatic carbocycles. The smallest absolute Gasteiger partial charge is 0.323 e. The molecule has 5 nitrogen and oxygen atoms in total. The minimum absolute atomic E-state index is 0.140. The van der Waals surface area contributed by atoms with E-state index in [1.807, 2.05) is 6.92 Å². The van der Waals surface area contributed by atoms with E-state index in [2.05, 4.69) is 16.0 Å². The van der Waals surface area contributed by atoms with Crippen LogP contribution in [0.3, 0.4) is 0 Å². The van der Waals surface area contributed by atoms with Gasteiger partial charge in [-0.15, -0.1) is 0 Å². The topological polar surface area (TPSA) is 70.2 Å². The molecule has 0 spiro atoms. The van der Waals surface area contributed by atoms with Crippen molar-refractivity contribution in [3.05, 3.63) is 58.1 Å². The number of rotatable bonds is 5. The van der Waals surface area contributed by atoms with Crippen LogP contribution in [0.1, 0.15) is 23.7 Å². The highest BCUT2D eigenvalue weighted by Crippen LogP contribution is 2.25. The molecule has 0 unspecified atom stereocenters. The molecule has 0 aliphatic rings. The first-order valence-electron chi connectivity index (χ1n) is 7.41. The number of benzene rings is 2. The number of carbonyl (C=O) groups is 2. The Kier molecular flexibility index (Phi) is 6.46. The maximum atomic E-state index is 12.0. The van der Waals surface area contributed by atoms with Crippen LogP contribution in [0.5, 0.6) is 0 Å². The zero-order valence-electron chi connectivity index (χ0n) is 13.0. The van der Waals surface area contributed by atoms with Gasteiger partial charge in [0.05, 0.1) is 10.7 Å². The van der Waals surface area contributed by atoms with Crippen LogP contribution in [0.25, 0.3) is 0 Å². The SMILES string of the molecule is CCCNC(=O)c1ccc(NC(=O)Nc2cc(Cl)ccc2Cl)cc1. The van der Waals surface area contributed by atoms with Crippen molar-refractivity contribution in [2.45, 2.75) is 13.3 Å². The van der Waals surface area contributed by atoms with Crippen molar-refractivity contribution in [1.82, 2.24) is 5.32 Å². The summed E-state index contributed by atoms with van der Waals surface area (Å²) in [6.45, 7) is 2.61. The van der Waals surface area contributed by atoms with E-state index in [1.165, 1.54) is 0 Å². The van der Waals surface area contributed by atoms with Crippen molar-refractivity contribution in [1.29, 1.82) is 0 Å². The van der Waals surface area contributed by atoms with Gasteiger partial charge in [0.15, 0.2) is 0 Å². The summed E-state index contributed by atoms with van der Waals surface area (Å²) in [4.78, 5) is 23.8. The summed E-state index contributed by atoms with van der Waals surface area (Å²) >= 11 is 11.9. The fourth-order valence-electron chi connectivity index (χ4n) is 1.92. The van der Waals surface area contributed by atoms with Gasteiger partial charge in [-0.1, -0.05) is 30.1 Å². The molecule has 2 rings (SSSR count). The first kappa shape index (κ1) is 18.1. The Morgan fingerprint density at radius 2 is 1.71 bits per heavy atom. The van der Waals surface area contributed by atoms with Gasteiger partial charge in [-0.05, 0) is 48.9 Å². The molecule has 0 radical (unpaired) electrons. The lowest BCUT2D eigenvalue weighted by Gasteiger charge is -2.10. The standard InChI is InChI=1S/C17H17Cl2N3O2/c1-2-9-20-16(23)11-3-6-13(7-4-11)21-17(24)22-15-10-12(18)5-8-14(15)19/h3-8,10H,2,9H2,1H3,(H,20,23)(H2,21,22,24). The van der Waals surface area contributed by atoms with Crippen LogP contribution >= 0.6 is 23.2 Å². The molecular weight excluding hydrogens is 349 g/mol. The molecule has 0 fully saturated rings. The fraction of sp³-hybridized carbons (Fsp3) is 0.176. The highest BCUT2D eigenvalue weighted by molar-refractivity contribution is 6.35. The van der Waals surface area contributed by atoms with E-state index in [-0.39, 0.29) is 5.91 Å². The molecule has 3 N–H and O–H groups in total. The van der Waals surface area contributed by atoms with Crippen LogP contribution in [-0.2, 0) is 0 Å². The molecule has 0 bridgehead atoms. The lowest BCUT2D eigenvalue weighted by molar-refractivity contribution is 0.0953. The lowest BCUT2D eigenvalue weighted by atomic mass is 10.2. The van der Waals surface area contributed by atoms with Gasteiger partial charge in [-0.2, -0.15) is 0 Å². The second kappa shape index (κ2) is 8.57. The minimum Gasteiger partial charge on any atom is -0.352 e. The molecule has 0 atom stereocenters. The maximum Gasteiger partial charge on any atom is 0.323 e. The highest BCUT2D eigenvalue weighted by atomic mass is 35.5. The van der Waals surface area contributed by atoms with E-state index in [0.717, 1.165) is 6.42 Å². The van der Waals surface area contributed by atoms with Gasteiger partial charge in [0.25, 0.3) is 5.91 Å². The van der Waals surface area contributed by atoms with E-state index in [0.29, 0.717) is 33.5 Å². The Morgan fingerprint density at radius 3 is 2.38 bits per heavy atom. The Labute approximate surface area is 150 Å². The summed E-state index contributed by atoms with van der Waals surface area (Å²) in [6.07, 6.45) is 0.873. The zero-order valence-corrected chi connectivity index (χ0v) is 14.5. The van der Waals surface area contributed by atoms with Crippen LogP contribution in [0, 0.1) is 0 Å². The Balaban J connectivity index is 1.97. The lowest BCUT2D eigenvalue weighted by Crippen LogP contribution is -2.24. The van der Waals surface area contributed by atoms with Crippen LogP contribution in [0.15, 0.2) is 42.5 Å². The Morgan fingerprint density at radius 1 is 1.00 bits per heavy atom. The average molecular weight is 366 g/mol. The van der Waals surface area contributed by atoms with Crippen molar-refractivity contribution in [2.24, 2.45) is 0 Å². The predicted molar refractivity (Wildman–Crippen MR) is 98.2 cm³/mol. The van der Waals surface area contributed by atoms with Crippen molar-refractivity contribution in [2.75, 3.05) is 17.2 Å².